The van der Waals surface area contributed by atoms with Crippen molar-refractivity contribution in [3.05, 3.63) is 27.7 Å². The van der Waals surface area contributed by atoms with Gasteiger partial charge < -0.3 is 15.4 Å². The summed E-state index contributed by atoms with van der Waals surface area (Å²) in [6.45, 7) is 4.32. The molecule has 0 saturated carbocycles. The van der Waals surface area contributed by atoms with Gasteiger partial charge >= 0.3 is 5.97 Å². The average Bonchev–Trinajstić information content (AvgIpc) is 2.42. The highest BCUT2D eigenvalue weighted by Gasteiger charge is 2.23. The highest BCUT2D eigenvalue weighted by Crippen LogP contribution is 2.26. The Morgan fingerprint density at radius 2 is 2.10 bits per heavy atom. The topological polar surface area (TPSA) is 67.4 Å². The van der Waals surface area contributed by atoms with Crippen LogP contribution in [0, 0.1) is 0 Å². The fraction of sp³-hybridized carbons (Fsp3) is 0.429. The molecule has 1 unspecified atom stereocenters. The van der Waals surface area contributed by atoms with Crippen LogP contribution in [-0.2, 0) is 14.3 Å². The number of benzene rings is 1. The van der Waals surface area contributed by atoms with Crippen LogP contribution in [0.2, 0.25) is 5.02 Å². The van der Waals surface area contributed by atoms with E-state index in [0.717, 1.165) is 0 Å². The highest BCUT2D eigenvalue weighted by atomic mass is 79.9. The van der Waals surface area contributed by atoms with Crippen LogP contribution < -0.4 is 10.6 Å². The van der Waals surface area contributed by atoms with Crippen LogP contribution in [-0.4, -0.2) is 31.1 Å². The summed E-state index contributed by atoms with van der Waals surface area (Å²) in [6.07, 6.45) is 0.00686. The molecular formula is C14H18BrClN2O3. The largest absolute Gasteiger partial charge is 0.464 e. The van der Waals surface area contributed by atoms with E-state index >= 15 is 0 Å². The molecule has 0 aliphatic heterocycles. The van der Waals surface area contributed by atoms with Crippen LogP contribution >= 0.6 is 27.5 Å². The molecule has 0 bridgehead atoms. The zero-order chi connectivity index (χ0) is 15.8. The number of nitrogens with one attached hydrogen (secondary N) is 2. The van der Waals surface area contributed by atoms with Gasteiger partial charge in [-0.3, -0.25) is 4.79 Å². The van der Waals surface area contributed by atoms with E-state index in [1.807, 2.05) is 6.92 Å². The summed E-state index contributed by atoms with van der Waals surface area (Å²) in [7, 11) is 0. The van der Waals surface area contributed by atoms with Crippen molar-refractivity contribution in [3.63, 3.8) is 0 Å². The highest BCUT2D eigenvalue weighted by molar-refractivity contribution is 9.10. The molecule has 7 heteroatoms. The second kappa shape index (κ2) is 8.89. The second-order valence-corrected chi connectivity index (χ2v) is 5.50. The molecule has 21 heavy (non-hydrogen) atoms. The third-order valence-corrected chi connectivity index (χ3v) is 3.81. The molecular weight excluding hydrogens is 360 g/mol. The van der Waals surface area contributed by atoms with Gasteiger partial charge in [-0.2, -0.15) is 0 Å². The van der Waals surface area contributed by atoms with Crippen LogP contribution in [0.4, 0.5) is 5.69 Å². The predicted octanol–water partition coefficient (Wildman–Crippen LogP) is 2.97. The lowest BCUT2D eigenvalue weighted by molar-refractivity contribution is -0.145. The smallest absolute Gasteiger partial charge is 0.329 e. The number of anilines is 1. The van der Waals surface area contributed by atoms with Gasteiger partial charge in [-0.1, -0.05) is 11.6 Å². The molecule has 1 aromatic carbocycles. The maximum Gasteiger partial charge on any atom is 0.329 e. The zero-order valence-electron chi connectivity index (χ0n) is 11.9. The Hall–Kier alpha value is -1.27. The molecule has 1 aromatic rings. The third-order valence-electron chi connectivity index (χ3n) is 2.60. The molecule has 0 aromatic heterocycles. The minimum atomic E-state index is -0.746. The number of carbonyl (C=O) groups is 2. The summed E-state index contributed by atoms with van der Waals surface area (Å²) in [5.74, 6) is -0.675. The molecule has 1 amide bonds. The van der Waals surface area contributed by atoms with Gasteiger partial charge in [0.25, 0.3) is 0 Å². The van der Waals surface area contributed by atoms with Gasteiger partial charge in [-0.05, 0) is 48.0 Å². The maximum atomic E-state index is 11.9. The van der Waals surface area contributed by atoms with Gasteiger partial charge in [0, 0.05) is 16.7 Å². The number of amides is 1. The molecule has 5 nitrogen and oxygen atoms in total. The van der Waals surface area contributed by atoms with Gasteiger partial charge in [0.15, 0.2) is 0 Å². The second-order valence-electron chi connectivity index (χ2n) is 4.24. The molecule has 2 N–H and O–H groups in total. The van der Waals surface area contributed by atoms with Crippen LogP contribution in [0.1, 0.15) is 20.3 Å². The third kappa shape index (κ3) is 5.93. The number of esters is 1. The Bertz CT molecular complexity index is 511. The molecule has 0 heterocycles. The maximum absolute atomic E-state index is 11.9. The summed E-state index contributed by atoms with van der Waals surface area (Å²) in [5.41, 5.74) is 0.675. The molecule has 0 spiro atoms. The summed E-state index contributed by atoms with van der Waals surface area (Å²) >= 11 is 9.24. The molecule has 0 fully saturated rings. The Labute approximate surface area is 137 Å². The van der Waals surface area contributed by atoms with Crippen LogP contribution in [0.3, 0.4) is 0 Å². The van der Waals surface area contributed by atoms with Gasteiger partial charge in [-0.15, -0.1) is 0 Å². The van der Waals surface area contributed by atoms with E-state index in [9.17, 15) is 9.59 Å². The van der Waals surface area contributed by atoms with E-state index in [-0.39, 0.29) is 18.9 Å². The number of carbonyl (C=O) groups excluding carboxylic acids is 2. The van der Waals surface area contributed by atoms with Gasteiger partial charge in [0.05, 0.1) is 18.1 Å². The van der Waals surface area contributed by atoms with E-state index in [1.54, 1.807) is 25.1 Å². The lowest BCUT2D eigenvalue weighted by Crippen LogP contribution is -2.37. The monoisotopic (exact) mass is 376 g/mol. The lowest BCUT2D eigenvalue weighted by atomic mass is 10.1. The minimum absolute atomic E-state index is 0.00686. The van der Waals surface area contributed by atoms with E-state index < -0.39 is 12.0 Å². The minimum Gasteiger partial charge on any atom is -0.464 e. The van der Waals surface area contributed by atoms with Crippen molar-refractivity contribution in [2.24, 2.45) is 0 Å². The van der Waals surface area contributed by atoms with Crippen molar-refractivity contribution in [2.45, 2.75) is 26.3 Å². The van der Waals surface area contributed by atoms with Crippen molar-refractivity contribution >= 4 is 45.1 Å². The first-order valence-corrected chi connectivity index (χ1v) is 7.79. The van der Waals surface area contributed by atoms with E-state index in [0.29, 0.717) is 21.7 Å². The summed E-state index contributed by atoms with van der Waals surface area (Å²) in [5, 5.41) is 6.23. The van der Waals surface area contributed by atoms with Gasteiger partial charge in [0.2, 0.25) is 5.91 Å². The first-order valence-electron chi connectivity index (χ1n) is 6.62. The predicted molar refractivity (Wildman–Crippen MR) is 86.5 cm³/mol. The van der Waals surface area contributed by atoms with E-state index in [4.69, 9.17) is 16.3 Å². The number of hydrogen-bond donors (Lipinski definition) is 2. The normalized spacial score (nSPS) is 11.6. The Kier molecular flexibility index (Phi) is 7.53. The van der Waals surface area contributed by atoms with Crippen molar-refractivity contribution in [1.29, 1.82) is 0 Å². The fourth-order valence-electron chi connectivity index (χ4n) is 1.68. The van der Waals surface area contributed by atoms with Crippen molar-refractivity contribution in [3.8, 4) is 0 Å². The van der Waals surface area contributed by atoms with Crippen molar-refractivity contribution < 1.29 is 14.3 Å². The lowest BCUT2D eigenvalue weighted by Gasteiger charge is -2.18. The summed E-state index contributed by atoms with van der Waals surface area (Å²) in [4.78, 5) is 23.6. The van der Waals surface area contributed by atoms with E-state index in [2.05, 4.69) is 26.6 Å². The van der Waals surface area contributed by atoms with Crippen LogP contribution in [0.25, 0.3) is 0 Å². The fourth-order valence-corrected chi connectivity index (χ4v) is 2.17. The quantitative estimate of drug-likeness (QED) is 0.717. The number of halogens is 2. The summed E-state index contributed by atoms with van der Waals surface area (Å²) < 4.78 is 5.69. The first kappa shape index (κ1) is 17.8. The number of hydrogen-bond acceptors (Lipinski definition) is 4. The summed E-state index contributed by atoms with van der Waals surface area (Å²) in [6, 6.07) is 4.43. The molecule has 0 radical (unpaired) electrons. The van der Waals surface area contributed by atoms with Crippen molar-refractivity contribution in [2.75, 3.05) is 18.5 Å². The molecule has 0 saturated heterocycles. The van der Waals surface area contributed by atoms with Crippen molar-refractivity contribution in [1.82, 2.24) is 5.32 Å². The molecule has 0 aliphatic carbocycles. The van der Waals surface area contributed by atoms with E-state index in [1.165, 1.54) is 0 Å². The van der Waals surface area contributed by atoms with Crippen LogP contribution in [0.5, 0.6) is 0 Å². The molecule has 1 rings (SSSR count). The molecule has 0 aliphatic rings. The first-order chi connectivity index (χ1) is 9.97. The average molecular weight is 378 g/mol. The standard InChI is InChI=1S/C14H18BrClN2O3/c1-3-17-13(19)8-12(14(20)21-4-2)18-9-5-6-11(16)10(15)7-9/h5-7,12,18H,3-4,8H2,1-2H3,(H,17,19). The SMILES string of the molecule is CCNC(=O)CC(Nc1ccc(Cl)c(Br)c1)C(=O)OCC. The molecule has 116 valence electrons. The van der Waals surface area contributed by atoms with Crippen LogP contribution in [0.15, 0.2) is 22.7 Å². The zero-order valence-corrected chi connectivity index (χ0v) is 14.3. The van der Waals surface area contributed by atoms with Gasteiger partial charge in [0.1, 0.15) is 6.04 Å². The Morgan fingerprint density at radius 1 is 1.38 bits per heavy atom. The number of ether oxygens (including phenoxy) is 1. The molecule has 1 atom stereocenters. The van der Waals surface area contributed by atoms with Gasteiger partial charge in [-0.25, -0.2) is 4.79 Å². The number of rotatable bonds is 7. The Balaban J connectivity index is 2.82. The Morgan fingerprint density at radius 3 is 2.67 bits per heavy atom.